The molecular formula is C13H23NO2. The molecule has 1 N–H and O–H groups in total. The van der Waals surface area contributed by atoms with Gasteiger partial charge in [-0.05, 0) is 44.6 Å². The number of rotatable bonds is 5. The third kappa shape index (κ3) is 1.97. The molecule has 0 spiro atoms. The zero-order valence-electron chi connectivity index (χ0n) is 10.2. The Labute approximate surface area is 97.8 Å². The molecule has 1 aliphatic carbocycles. The zero-order valence-corrected chi connectivity index (χ0v) is 10.2. The molecule has 1 unspecified atom stereocenters. The minimum absolute atomic E-state index is 0.523. The SMILES string of the molecule is CCCC1(C(=O)O)CCCN1CC1CCC1. The smallest absolute Gasteiger partial charge is 0.324 e. The molecule has 1 saturated heterocycles. The maximum absolute atomic E-state index is 11.6. The number of nitrogens with zero attached hydrogens (tertiary/aromatic N) is 1. The van der Waals surface area contributed by atoms with Gasteiger partial charge in [0.05, 0.1) is 0 Å². The summed E-state index contributed by atoms with van der Waals surface area (Å²) in [5.74, 6) is 0.180. The number of likely N-dealkylation sites (tertiary alicyclic amines) is 1. The lowest BCUT2D eigenvalue weighted by molar-refractivity contribution is -0.151. The molecule has 1 atom stereocenters. The van der Waals surface area contributed by atoms with Gasteiger partial charge in [0.25, 0.3) is 0 Å². The highest BCUT2D eigenvalue weighted by Crippen LogP contribution is 2.37. The van der Waals surface area contributed by atoms with Crippen LogP contribution in [0.4, 0.5) is 0 Å². The topological polar surface area (TPSA) is 40.5 Å². The molecule has 0 bridgehead atoms. The van der Waals surface area contributed by atoms with Crippen molar-refractivity contribution in [2.24, 2.45) is 5.92 Å². The Morgan fingerprint density at radius 3 is 2.69 bits per heavy atom. The van der Waals surface area contributed by atoms with Crippen LogP contribution in [-0.4, -0.2) is 34.6 Å². The van der Waals surface area contributed by atoms with Crippen LogP contribution in [0.2, 0.25) is 0 Å². The maximum atomic E-state index is 11.6. The van der Waals surface area contributed by atoms with E-state index in [4.69, 9.17) is 0 Å². The molecule has 3 heteroatoms. The van der Waals surface area contributed by atoms with Crippen LogP contribution in [0.5, 0.6) is 0 Å². The van der Waals surface area contributed by atoms with E-state index < -0.39 is 11.5 Å². The molecule has 16 heavy (non-hydrogen) atoms. The number of carbonyl (C=O) groups is 1. The van der Waals surface area contributed by atoms with Gasteiger partial charge in [0.1, 0.15) is 5.54 Å². The molecular weight excluding hydrogens is 202 g/mol. The summed E-state index contributed by atoms with van der Waals surface area (Å²) in [7, 11) is 0. The average Bonchev–Trinajstić information content (AvgIpc) is 2.57. The van der Waals surface area contributed by atoms with E-state index in [1.807, 2.05) is 0 Å². The standard InChI is InChI=1S/C13H23NO2/c1-2-7-13(12(15)16)8-4-9-14(13)10-11-5-3-6-11/h11H,2-10H2,1H3,(H,15,16). The van der Waals surface area contributed by atoms with Crippen LogP contribution < -0.4 is 0 Å². The Hall–Kier alpha value is -0.570. The van der Waals surface area contributed by atoms with E-state index in [9.17, 15) is 9.90 Å². The molecule has 0 aromatic rings. The van der Waals surface area contributed by atoms with E-state index in [-0.39, 0.29) is 0 Å². The average molecular weight is 225 g/mol. The predicted octanol–water partition coefficient (Wildman–Crippen LogP) is 2.51. The first-order valence-electron chi connectivity index (χ1n) is 6.67. The Kier molecular flexibility index (Phi) is 3.53. The molecule has 2 rings (SSSR count). The van der Waals surface area contributed by atoms with Crippen molar-refractivity contribution in [1.82, 2.24) is 4.90 Å². The summed E-state index contributed by atoms with van der Waals surface area (Å²) in [6.45, 7) is 4.10. The molecule has 1 aliphatic heterocycles. The summed E-state index contributed by atoms with van der Waals surface area (Å²) in [5, 5.41) is 9.53. The van der Waals surface area contributed by atoms with Crippen molar-refractivity contribution in [3.8, 4) is 0 Å². The van der Waals surface area contributed by atoms with Crippen molar-refractivity contribution < 1.29 is 9.90 Å². The molecule has 2 fully saturated rings. The van der Waals surface area contributed by atoms with E-state index in [1.54, 1.807) is 0 Å². The molecule has 0 amide bonds. The first-order valence-corrected chi connectivity index (χ1v) is 6.67. The van der Waals surface area contributed by atoms with Crippen molar-refractivity contribution in [1.29, 1.82) is 0 Å². The van der Waals surface area contributed by atoms with Gasteiger partial charge in [-0.1, -0.05) is 19.8 Å². The number of carboxylic acids is 1. The summed E-state index contributed by atoms with van der Waals surface area (Å²) >= 11 is 0. The predicted molar refractivity (Wildman–Crippen MR) is 63.4 cm³/mol. The maximum Gasteiger partial charge on any atom is 0.324 e. The van der Waals surface area contributed by atoms with E-state index in [1.165, 1.54) is 19.3 Å². The van der Waals surface area contributed by atoms with Crippen LogP contribution in [0.15, 0.2) is 0 Å². The van der Waals surface area contributed by atoms with Gasteiger partial charge in [-0.2, -0.15) is 0 Å². The molecule has 1 heterocycles. The first kappa shape index (κ1) is 11.9. The number of hydrogen-bond acceptors (Lipinski definition) is 2. The second kappa shape index (κ2) is 4.74. The fraction of sp³-hybridized carbons (Fsp3) is 0.923. The van der Waals surface area contributed by atoms with E-state index in [0.29, 0.717) is 0 Å². The largest absolute Gasteiger partial charge is 0.480 e. The lowest BCUT2D eigenvalue weighted by atomic mass is 9.83. The molecule has 1 saturated carbocycles. The molecule has 3 nitrogen and oxygen atoms in total. The molecule has 2 aliphatic rings. The first-order chi connectivity index (χ1) is 7.69. The van der Waals surface area contributed by atoms with Crippen LogP contribution in [0.3, 0.4) is 0 Å². The summed E-state index contributed by atoms with van der Waals surface area (Å²) in [6.07, 6.45) is 7.63. The third-order valence-electron chi connectivity index (χ3n) is 4.39. The number of hydrogen-bond donors (Lipinski definition) is 1. The van der Waals surface area contributed by atoms with Crippen molar-refractivity contribution in [2.45, 2.75) is 57.4 Å². The van der Waals surface area contributed by atoms with Gasteiger partial charge in [-0.25, -0.2) is 0 Å². The highest BCUT2D eigenvalue weighted by molar-refractivity contribution is 5.79. The van der Waals surface area contributed by atoms with Crippen molar-refractivity contribution in [3.05, 3.63) is 0 Å². The molecule has 0 aromatic heterocycles. The second-order valence-corrected chi connectivity index (χ2v) is 5.43. The summed E-state index contributed by atoms with van der Waals surface area (Å²) in [5.41, 5.74) is -0.523. The summed E-state index contributed by atoms with van der Waals surface area (Å²) in [6, 6.07) is 0. The van der Waals surface area contributed by atoms with Crippen molar-refractivity contribution >= 4 is 5.97 Å². The van der Waals surface area contributed by atoms with Crippen molar-refractivity contribution in [2.75, 3.05) is 13.1 Å². The monoisotopic (exact) mass is 225 g/mol. The third-order valence-corrected chi connectivity index (χ3v) is 4.39. The van der Waals surface area contributed by atoms with E-state index in [0.717, 1.165) is 44.7 Å². The van der Waals surface area contributed by atoms with Gasteiger partial charge in [-0.15, -0.1) is 0 Å². The fourth-order valence-electron chi connectivity index (χ4n) is 3.23. The normalized spacial score (nSPS) is 31.6. The zero-order chi connectivity index (χ0) is 11.6. The van der Waals surface area contributed by atoms with Crippen LogP contribution >= 0.6 is 0 Å². The minimum atomic E-state index is -0.592. The Morgan fingerprint density at radius 1 is 1.44 bits per heavy atom. The summed E-state index contributed by atoms with van der Waals surface area (Å²) in [4.78, 5) is 13.8. The highest BCUT2D eigenvalue weighted by atomic mass is 16.4. The lowest BCUT2D eigenvalue weighted by Crippen LogP contribution is -2.52. The highest BCUT2D eigenvalue weighted by Gasteiger charge is 2.47. The van der Waals surface area contributed by atoms with Gasteiger partial charge in [0.15, 0.2) is 0 Å². The van der Waals surface area contributed by atoms with Crippen LogP contribution in [0.1, 0.15) is 51.9 Å². The molecule has 0 radical (unpaired) electrons. The minimum Gasteiger partial charge on any atom is -0.480 e. The van der Waals surface area contributed by atoms with E-state index in [2.05, 4.69) is 11.8 Å². The molecule has 0 aromatic carbocycles. The van der Waals surface area contributed by atoms with Gasteiger partial charge in [0.2, 0.25) is 0 Å². The van der Waals surface area contributed by atoms with Gasteiger partial charge < -0.3 is 5.11 Å². The van der Waals surface area contributed by atoms with Crippen LogP contribution in [0.25, 0.3) is 0 Å². The number of aliphatic carboxylic acids is 1. The van der Waals surface area contributed by atoms with Gasteiger partial charge >= 0.3 is 5.97 Å². The summed E-state index contributed by atoms with van der Waals surface area (Å²) < 4.78 is 0. The van der Waals surface area contributed by atoms with E-state index >= 15 is 0 Å². The van der Waals surface area contributed by atoms with Gasteiger partial charge in [-0.3, -0.25) is 9.69 Å². The lowest BCUT2D eigenvalue weighted by Gasteiger charge is -2.39. The fourth-order valence-corrected chi connectivity index (χ4v) is 3.23. The number of carboxylic acid groups (broad SMARTS) is 1. The van der Waals surface area contributed by atoms with Crippen LogP contribution in [-0.2, 0) is 4.79 Å². The van der Waals surface area contributed by atoms with Gasteiger partial charge in [0, 0.05) is 6.54 Å². The second-order valence-electron chi connectivity index (χ2n) is 5.43. The Bertz CT molecular complexity index is 263. The Morgan fingerprint density at radius 2 is 2.19 bits per heavy atom. The van der Waals surface area contributed by atoms with Crippen molar-refractivity contribution in [3.63, 3.8) is 0 Å². The van der Waals surface area contributed by atoms with Crippen LogP contribution in [0, 0.1) is 5.92 Å². The Balaban J connectivity index is 2.05. The molecule has 92 valence electrons. The quantitative estimate of drug-likeness (QED) is 0.781.